The van der Waals surface area contributed by atoms with E-state index < -0.39 is 0 Å². The minimum atomic E-state index is -0.127. The van der Waals surface area contributed by atoms with Crippen LogP contribution in [-0.2, 0) is 4.79 Å². The number of nitrogens with zero attached hydrogens (tertiary/aromatic N) is 2. The quantitative estimate of drug-likeness (QED) is 0.862. The normalized spacial score (nSPS) is 14.4. The van der Waals surface area contributed by atoms with Crippen LogP contribution in [0, 0.1) is 20.8 Å². The van der Waals surface area contributed by atoms with Crippen molar-refractivity contribution in [2.45, 2.75) is 27.2 Å². The fourth-order valence-corrected chi connectivity index (χ4v) is 3.56. The molecule has 29 heavy (non-hydrogen) atoms. The average Bonchev–Trinajstić information content (AvgIpc) is 2.96. The predicted molar refractivity (Wildman–Crippen MR) is 111 cm³/mol. The zero-order valence-electron chi connectivity index (χ0n) is 17.3. The summed E-state index contributed by atoms with van der Waals surface area (Å²) < 4.78 is 5.86. The van der Waals surface area contributed by atoms with Crippen LogP contribution in [0.2, 0.25) is 0 Å². The van der Waals surface area contributed by atoms with Gasteiger partial charge in [-0.25, -0.2) is 0 Å². The summed E-state index contributed by atoms with van der Waals surface area (Å²) in [5.41, 5.74) is 3.66. The number of benzene rings is 2. The second kappa shape index (κ2) is 8.99. The van der Waals surface area contributed by atoms with E-state index in [0.717, 1.165) is 22.4 Å². The van der Waals surface area contributed by atoms with Gasteiger partial charge in [-0.05, 0) is 62.1 Å². The molecular formula is C23H28N2O4. The lowest BCUT2D eigenvalue weighted by molar-refractivity contribution is -0.133. The largest absolute Gasteiger partial charge is 0.508 e. The number of phenols is 1. The number of aryl methyl sites for hydroxylation is 2. The summed E-state index contributed by atoms with van der Waals surface area (Å²) in [4.78, 5) is 28.9. The van der Waals surface area contributed by atoms with Crippen LogP contribution in [0.1, 0.15) is 33.5 Å². The van der Waals surface area contributed by atoms with Gasteiger partial charge < -0.3 is 19.6 Å². The molecule has 0 radical (unpaired) electrons. The lowest BCUT2D eigenvalue weighted by Crippen LogP contribution is -2.39. The summed E-state index contributed by atoms with van der Waals surface area (Å²) in [6.07, 6.45) is 0.707. The molecule has 1 aliphatic rings. The van der Waals surface area contributed by atoms with E-state index in [-0.39, 0.29) is 24.2 Å². The zero-order chi connectivity index (χ0) is 21.0. The first-order chi connectivity index (χ1) is 13.9. The number of rotatable bonds is 4. The van der Waals surface area contributed by atoms with E-state index in [1.165, 1.54) is 12.1 Å². The molecule has 1 fully saturated rings. The second-order valence-electron chi connectivity index (χ2n) is 7.52. The van der Waals surface area contributed by atoms with Crippen LogP contribution in [-0.4, -0.2) is 59.5 Å². The van der Waals surface area contributed by atoms with E-state index in [4.69, 9.17) is 4.74 Å². The molecule has 0 aliphatic carbocycles. The highest BCUT2D eigenvalue weighted by Crippen LogP contribution is 2.25. The summed E-state index contributed by atoms with van der Waals surface area (Å²) in [6, 6.07) is 10.4. The van der Waals surface area contributed by atoms with Crippen LogP contribution in [0.4, 0.5) is 0 Å². The fraction of sp³-hybridized carbons (Fsp3) is 0.391. The van der Waals surface area contributed by atoms with E-state index in [9.17, 15) is 14.7 Å². The molecule has 1 N–H and O–H groups in total. The molecule has 1 heterocycles. The number of carbonyl (C=O) groups excluding carboxylic acids is 2. The van der Waals surface area contributed by atoms with Crippen molar-refractivity contribution in [1.82, 2.24) is 9.80 Å². The van der Waals surface area contributed by atoms with Gasteiger partial charge in [-0.15, -0.1) is 0 Å². The Labute approximate surface area is 171 Å². The molecule has 2 aromatic rings. The topological polar surface area (TPSA) is 70.1 Å². The molecule has 6 nitrogen and oxygen atoms in total. The molecule has 0 aromatic heterocycles. The van der Waals surface area contributed by atoms with Gasteiger partial charge in [-0.2, -0.15) is 0 Å². The Kier molecular flexibility index (Phi) is 6.42. The van der Waals surface area contributed by atoms with Crippen molar-refractivity contribution < 1.29 is 19.4 Å². The number of amides is 2. The highest BCUT2D eigenvalue weighted by molar-refractivity contribution is 5.94. The average molecular weight is 396 g/mol. The monoisotopic (exact) mass is 396 g/mol. The minimum Gasteiger partial charge on any atom is -0.508 e. The SMILES string of the molecule is Cc1ccc(C)c(OCC(=O)N2CCCN(C(=O)c3cccc(O)c3)CC2)c1C. The van der Waals surface area contributed by atoms with Crippen molar-refractivity contribution in [2.24, 2.45) is 0 Å². The summed E-state index contributed by atoms with van der Waals surface area (Å²) in [5, 5.41) is 9.60. The van der Waals surface area contributed by atoms with Gasteiger partial charge in [0.15, 0.2) is 6.61 Å². The van der Waals surface area contributed by atoms with Crippen molar-refractivity contribution in [3.63, 3.8) is 0 Å². The smallest absolute Gasteiger partial charge is 0.260 e. The number of ether oxygens (including phenoxy) is 1. The van der Waals surface area contributed by atoms with Crippen LogP contribution >= 0.6 is 0 Å². The lowest BCUT2D eigenvalue weighted by Gasteiger charge is -2.23. The standard InChI is InChI=1S/C23H28N2O4/c1-16-8-9-17(2)22(18(16)3)29-15-21(27)24-10-5-11-25(13-12-24)23(28)19-6-4-7-20(26)14-19/h4,6-9,14,26H,5,10-13,15H2,1-3H3. The number of aromatic hydroxyl groups is 1. The Morgan fingerprint density at radius 2 is 1.66 bits per heavy atom. The number of hydrogen-bond acceptors (Lipinski definition) is 4. The van der Waals surface area contributed by atoms with Gasteiger partial charge in [-0.3, -0.25) is 9.59 Å². The van der Waals surface area contributed by atoms with E-state index in [2.05, 4.69) is 0 Å². The van der Waals surface area contributed by atoms with E-state index in [1.54, 1.807) is 21.9 Å². The first-order valence-corrected chi connectivity index (χ1v) is 9.92. The number of carbonyl (C=O) groups is 2. The van der Waals surface area contributed by atoms with Gasteiger partial charge in [0.25, 0.3) is 11.8 Å². The molecule has 2 amide bonds. The van der Waals surface area contributed by atoms with Crippen LogP contribution in [0.5, 0.6) is 11.5 Å². The van der Waals surface area contributed by atoms with E-state index in [1.807, 2.05) is 32.9 Å². The number of hydrogen-bond donors (Lipinski definition) is 1. The summed E-state index contributed by atoms with van der Waals surface area (Å²) in [5.74, 6) is 0.643. The molecule has 6 heteroatoms. The molecule has 0 spiro atoms. The van der Waals surface area contributed by atoms with Gasteiger partial charge >= 0.3 is 0 Å². The van der Waals surface area contributed by atoms with E-state index in [0.29, 0.717) is 38.2 Å². The molecular weight excluding hydrogens is 368 g/mol. The highest BCUT2D eigenvalue weighted by atomic mass is 16.5. The summed E-state index contributed by atoms with van der Waals surface area (Å²) in [7, 11) is 0. The van der Waals surface area contributed by atoms with Crippen molar-refractivity contribution >= 4 is 11.8 Å². The first kappa shape index (κ1) is 20.7. The van der Waals surface area contributed by atoms with E-state index >= 15 is 0 Å². The maximum Gasteiger partial charge on any atom is 0.260 e. The molecule has 2 aromatic carbocycles. The molecule has 1 aliphatic heterocycles. The molecule has 0 atom stereocenters. The maximum absolute atomic E-state index is 12.7. The third kappa shape index (κ3) is 4.88. The Hall–Kier alpha value is -3.02. The minimum absolute atomic E-state index is 0.00830. The Morgan fingerprint density at radius 1 is 0.966 bits per heavy atom. The van der Waals surface area contributed by atoms with Crippen LogP contribution in [0.15, 0.2) is 36.4 Å². The predicted octanol–water partition coefficient (Wildman–Crippen LogP) is 3.07. The number of phenolic OH excluding ortho intramolecular Hbond substituents is 1. The summed E-state index contributed by atoms with van der Waals surface area (Å²) in [6.45, 7) is 8.10. The van der Waals surface area contributed by atoms with Crippen LogP contribution in [0.3, 0.4) is 0 Å². The Balaban J connectivity index is 1.58. The van der Waals surface area contributed by atoms with Gasteiger partial charge in [0.05, 0.1) is 0 Å². The Bertz CT molecular complexity index is 910. The maximum atomic E-state index is 12.7. The van der Waals surface area contributed by atoms with Crippen molar-refractivity contribution in [2.75, 3.05) is 32.8 Å². The highest BCUT2D eigenvalue weighted by Gasteiger charge is 2.23. The van der Waals surface area contributed by atoms with Crippen LogP contribution < -0.4 is 4.74 Å². The fourth-order valence-electron chi connectivity index (χ4n) is 3.56. The van der Waals surface area contributed by atoms with Gasteiger partial charge in [0.1, 0.15) is 11.5 Å². The summed E-state index contributed by atoms with van der Waals surface area (Å²) >= 11 is 0. The Morgan fingerprint density at radius 3 is 2.41 bits per heavy atom. The van der Waals surface area contributed by atoms with Gasteiger partial charge in [0, 0.05) is 31.7 Å². The second-order valence-corrected chi connectivity index (χ2v) is 7.52. The first-order valence-electron chi connectivity index (χ1n) is 9.92. The molecule has 0 saturated carbocycles. The molecule has 0 unspecified atom stereocenters. The van der Waals surface area contributed by atoms with Crippen molar-refractivity contribution in [3.05, 3.63) is 58.7 Å². The molecule has 3 rings (SSSR count). The molecule has 1 saturated heterocycles. The lowest BCUT2D eigenvalue weighted by atomic mass is 10.1. The van der Waals surface area contributed by atoms with Gasteiger partial charge in [-0.1, -0.05) is 18.2 Å². The molecule has 0 bridgehead atoms. The third-order valence-corrected chi connectivity index (χ3v) is 5.44. The van der Waals surface area contributed by atoms with Gasteiger partial charge in [0.2, 0.25) is 0 Å². The van der Waals surface area contributed by atoms with Crippen molar-refractivity contribution in [3.8, 4) is 11.5 Å². The molecule has 154 valence electrons. The van der Waals surface area contributed by atoms with Crippen molar-refractivity contribution in [1.29, 1.82) is 0 Å². The third-order valence-electron chi connectivity index (χ3n) is 5.44. The van der Waals surface area contributed by atoms with Crippen LogP contribution in [0.25, 0.3) is 0 Å². The zero-order valence-corrected chi connectivity index (χ0v) is 17.3.